The first-order chi connectivity index (χ1) is 14.2. The molecule has 0 spiro atoms. The van der Waals surface area contributed by atoms with Gasteiger partial charge in [-0.25, -0.2) is 0 Å². The molecule has 3 heterocycles. The van der Waals surface area contributed by atoms with Gasteiger partial charge in [-0.2, -0.15) is 0 Å². The average molecular weight is 410 g/mol. The van der Waals surface area contributed by atoms with Crippen LogP contribution in [-0.2, 0) is 9.53 Å². The van der Waals surface area contributed by atoms with Crippen LogP contribution in [-0.4, -0.2) is 66.4 Å². The van der Waals surface area contributed by atoms with Gasteiger partial charge in [0.05, 0.1) is 12.5 Å². The lowest BCUT2D eigenvalue weighted by molar-refractivity contribution is -0.157. The third-order valence-corrected chi connectivity index (χ3v) is 6.73. The number of amides is 2. The highest BCUT2D eigenvalue weighted by molar-refractivity contribution is 7.99. The summed E-state index contributed by atoms with van der Waals surface area (Å²) >= 11 is 1.80. The summed E-state index contributed by atoms with van der Waals surface area (Å²) < 4.78 is 5.28. The molecule has 2 fully saturated rings. The molecule has 150 valence electrons. The monoisotopic (exact) mass is 409 g/mol. The van der Waals surface area contributed by atoms with E-state index >= 15 is 0 Å². The van der Waals surface area contributed by atoms with Gasteiger partial charge in [0.2, 0.25) is 0 Å². The Morgan fingerprint density at radius 2 is 1.66 bits per heavy atom. The molecule has 0 aromatic heterocycles. The van der Waals surface area contributed by atoms with Crippen LogP contribution in [0, 0.1) is 0 Å². The van der Waals surface area contributed by atoms with Crippen molar-refractivity contribution in [1.29, 1.82) is 0 Å². The van der Waals surface area contributed by atoms with Crippen LogP contribution in [0.3, 0.4) is 0 Å². The lowest BCUT2D eigenvalue weighted by Gasteiger charge is -2.38. The average Bonchev–Trinajstić information content (AvgIpc) is 3.20. The summed E-state index contributed by atoms with van der Waals surface area (Å²) in [4.78, 5) is 30.0. The topological polar surface area (TPSA) is 61.9 Å². The number of carbonyl (C=O) groups is 2. The van der Waals surface area contributed by atoms with E-state index in [2.05, 4.69) is 23.5 Å². The van der Waals surface area contributed by atoms with E-state index in [1.165, 1.54) is 10.6 Å². The molecule has 7 heteroatoms. The first-order valence-electron chi connectivity index (χ1n) is 10.00. The van der Waals surface area contributed by atoms with E-state index < -0.39 is 0 Å². The number of fused-ring (bicyclic) bond motifs is 1. The maximum atomic E-state index is 12.9. The van der Waals surface area contributed by atoms with Crippen molar-refractivity contribution in [2.75, 3.05) is 44.0 Å². The van der Waals surface area contributed by atoms with Gasteiger partial charge in [-0.1, -0.05) is 18.2 Å². The van der Waals surface area contributed by atoms with Gasteiger partial charge >= 0.3 is 0 Å². The summed E-state index contributed by atoms with van der Waals surface area (Å²) in [5, 5.41) is 3.34. The number of anilines is 1. The zero-order valence-electron chi connectivity index (χ0n) is 16.1. The Morgan fingerprint density at radius 1 is 0.966 bits per heavy atom. The molecule has 2 saturated heterocycles. The van der Waals surface area contributed by atoms with Crippen molar-refractivity contribution >= 4 is 29.3 Å². The molecule has 29 heavy (non-hydrogen) atoms. The van der Waals surface area contributed by atoms with E-state index in [0.717, 1.165) is 23.4 Å². The second-order valence-corrected chi connectivity index (χ2v) is 8.54. The molecular weight excluding hydrogens is 386 g/mol. The zero-order valence-corrected chi connectivity index (χ0v) is 16.9. The fraction of sp³-hybridized carbons (Fsp3) is 0.364. The second-order valence-electron chi connectivity index (χ2n) is 7.52. The molecule has 0 aliphatic carbocycles. The predicted molar refractivity (Wildman–Crippen MR) is 113 cm³/mol. The molecule has 3 aliphatic heterocycles. The minimum absolute atomic E-state index is 0.0252. The Kier molecular flexibility index (Phi) is 4.93. The third kappa shape index (κ3) is 3.60. The van der Waals surface area contributed by atoms with Crippen LogP contribution in [0.15, 0.2) is 47.4 Å². The smallest absolute Gasteiger partial charge is 0.253 e. The highest BCUT2D eigenvalue weighted by atomic mass is 32.2. The summed E-state index contributed by atoms with van der Waals surface area (Å²) in [5.41, 5.74) is 4.14. The van der Waals surface area contributed by atoms with Crippen molar-refractivity contribution in [1.82, 2.24) is 9.80 Å². The number of nitrogens with zero attached hydrogens (tertiary/aromatic N) is 2. The normalized spacial score (nSPS) is 20.6. The molecule has 3 aliphatic rings. The minimum Gasteiger partial charge on any atom is -0.375 e. The molecule has 2 aromatic carbocycles. The highest BCUT2D eigenvalue weighted by Gasteiger charge is 2.33. The van der Waals surface area contributed by atoms with Crippen LogP contribution in [0.2, 0.25) is 0 Å². The van der Waals surface area contributed by atoms with Crippen molar-refractivity contribution in [2.45, 2.75) is 17.4 Å². The van der Waals surface area contributed by atoms with Gasteiger partial charge in [0.1, 0.15) is 6.10 Å². The lowest BCUT2D eigenvalue weighted by atomic mass is 10.0. The Labute approximate surface area is 174 Å². The fourth-order valence-corrected chi connectivity index (χ4v) is 4.80. The Morgan fingerprint density at radius 3 is 2.34 bits per heavy atom. The van der Waals surface area contributed by atoms with Gasteiger partial charge in [-0.3, -0.25) is 9.59 Å². The number of hydrogen-bond donors (Lipinski definition) is 1. The molecule has 2 aromatic rings. The summed E-state index contributed by atoms with van der Waals surface area (Å²) in [6, 6.07) is 14.2. The Balaban J connectivity index is 1.22. The number of benzene rings is 2. The first kappa shape index (κ1) is 18.5. The van der Waals surface area contributed by atoms with Crippen molar-refractivity contribution in [3.8, 4) is 11.1 Å². The zero-order chi connectivity index (χ0) is 19.8. The van der Waals surface area contributed by atoms with E-state index in [0.29, 0.717) is 38.3 Å². The number of rotatable bonds is 3. The van der Waals surface area contributed by atoms with Crippen molar-refractivity contribution < 1.29 is 14.3 Å². The van der Waals surface area contributed by atoms with E-state index in [-0.39, 0.29) is 17.9 Å². The van der Waals surface area contributed by atoms with Gasteiger partial charge < -0.3 is 19.9 Å². The van der Waals surface area contributed by atoms with E-state index in [4.69, 9.17) is 4.74 Å². The molecule has 0 bridgehead atoms. The Hall–Kier alpha value is -2.51. The third-order valence-electron chi connectivity index (χ3n) is 5.79. The maximum Gasteiger partial charge on any atom is 0.253 e. The summed E-state index contributed by atoms with van der Waals surface area (Å²) in [5.74, 6) is 1.01. The predicted octanol–water partition coefficient (Wildman–Crippen LogP) is 2.90. The molecule has 1 unspecified atom stereocenters. The van der Waals surface area contributed by atoms with Crippen molar-refractivity contribution in [3.63, 3.8) is 0 Å². The van der Waals surface area contributed by atoms with Crippen LogP contribution >= 0.6 is 11.8 Å². The highest BCUT2D eigenvalue weighted by Crippen LogP contribution is 2.36. The van der Waals surface area contributed by atoms with Crippen LogP contribution in [0.4, 0.5) is 5.69 Å². The molecular formula is C22H23N3O3S. The first-order valence-corrected chi connectivity index (χ1v) is 11.0. The van der Waals surface area contributed by atoms with Crippen LogP contribution < -0.4 is 5.32 Å². The number of carbonyl (C=O) groups excluding carboxylic acids is 2. The summed E-state index contributed by atoms with van der Waals surface area (Å²) in [6.45, 7) is 2.95. The minimum atomic E-state index is -0.266. The second kappa shape index (κ2) is 7.72. The van der Waals surface area contributed by atoms with Crippen LogP contribution in [0.1, 0.15) is 16.8 Å². The molecule has 1 atom stereocenters. The Bertz CT molecular complexity index is 935. The van der Waals surface area contributed by atoms with Crippen molar-refractivity contribution in [3.05, 3.63) is 48.0 Å². The van der Waals surface area contributed by atoms with Gasteiger partial charge in [-0.15, -0.1) is 11.8 Å². The lowest BCUT2D eigenvalue weighted by Crippen LogP contribution is -2.54. The van der Waals surface area contributed by atoms with Crippen molar-refractivity contribution in [2.24, 2.45) is 0 Å². The quantitative estimate of drug-likeness (QED) is 0.845. The van der Waals surface area contributed by atoms with E-state index in [1.54, 1.807) is 11.8 Å². The largest absolute Gasteiger partial charge is 0.375 e. The SMILES string of the molecule is O=C(c1ccc(-c2ccc3c(c2)SCN3)cc1)N1CCN(C(=O)C2CCO2)CC1. The van der Waals surface area contributed by atoms with Gasteiger partial charge in [0.25, 0.3) is 11.8 Å². The molecule has 0 radical (unpaired) electrons. The molecule has 6 nitrogen and oxygen atoms in total. The number of piperazine rings is 1. The van der Waals surface area contributed by atoms with Gasteiger partial charge in [-0.05, 0) is 35.4 Å². The fourth-order valence-electron chi connectivity index (χ4n) is 3.91. The maximum absolute atomic E-state index is 12.9. The number of nitrogens with one attached hydrogen (secondary N) is 1. The van der Waals surface area contributed by atoms with Crippen LogP contribution in [0.25, 0.3) is 11.1 Å². The number of ether oxygens (including phenoxy) is 1. The van der Waals surface area contributed by atoms with Gasteiger partial charge in [0.15, 0.2) is 0 Å². The number of thioether (sulfide) groups is 1. The molecule has 5 rings (SSSR count). The summed E-state index contributed by atoms with van der Waals surface area (Å²) in [7, 11) is 0. The van der Waals surface area contributed by atoms with E-state index in [1.807, 2.05) is 34.1 Å². The molecule has 2 amide bonds. The molecule has 0 saturated carbocycles. The number of hydrogen-bond acceptors (Lipinski definition) is 5. The van der Waals surface area contributed by atoms with E-state index in [9.17, 15) is 9.59 Å². The van der Waals surface area contributed by atoms with Gasteiger partial charge in [0, 0.05) is 48.7 Å². The van der Waals surface area contributed by atoms with Crippen LogP contribution in [0.5, 0.6) is 0 Å². The standard InChI is InChI=1S/C22H23N3O3S/c26-21(24-8-10-25(11-9-24)22(27)19-7-12-28-19)16-3-1-15(2-4-16)17-5-6-18-20(13-17)29-14-23-18/h1-6,13,19,23H,7-12,14H2. The molecule has 1 N–H and O–H groups in total. The summed E-state index contributed by atoms with van der Waals surface area (Å²) in [6.07, 6.45) is 0.544.